The van der Waals surface area contributed by atoms with E-state index in [-0.39, 0.29) is 6.61 Å². The number of carbonyl (C=O) groups is 1. The van der Waals surface area contributed by atoms with E-state index in [1.165, 1.54) is 16.7 Å². The van der Waals surface area contributed by atoms with Crippen molar-refractivity contribution in [3.8, 4) is 0 Å². The zero-order valence-electron chi connectivity index (χ0n) is 16.0. The summed E-state index contributed by atoms with van der Waals surface area (Å²) in [6, 6.07) is 0. The van der Waals surface area contributed by atoms with Crippen LogP contribution in [0.3, 0.4) is 0 Å². The Balaban J connectivity index is 3.98. The molecule has 0 aromatic carbocycles. The quantitative estimate of drug-likeness (QED) is 0.385. The van der Waals surface area contributed by atoms with Gasteiger partial charge in [-0.2, -0.15) is 0 Å². The largest absolute Gasteiger partial charge is 0.509 e. The summed E-state index contributed by atoms with van der Waals surface area (Å²) in [7, 11) is 0. The van der Waals surface area contributed by atoms with Crippen molar-refractivity contribution in [1.29, 1.82) is 0 Å². The van der Waals surface area contributed by atoms with Crippen LogP contribution in [0, 0.1) is 0 Å². The molecule has 0 saturated carbocycles. The maximum atomic E-state index is 11.4. The first kappa shape index (κ1) is 21.5. The van der Waals surface area contributed by atoms with Crippen molar-refractivity contribution in [2.75, 3.05) is 6.61 Å². The molecule has 132 valence electrons. The van der Waals surface area contributed by atoms with Gasteiger partial charge in [0.2, 0.25) is 0 Å². The Hall–Kier alpha value is -1.51. The summed E-state index contributed by atoms with van der Waals surface area (Å²) in [5, 5.41) is 0. The van der Waals surface area contributed by atoms with Gasteiger partial charge in [-0.1, -0.05) is 28.9 Å². The van der Waals surface area contributed by atoms with Crippen LogP contribution in [0.15, 0.2) is 34.9 Å². The predicted octanol–water partition coefficient (Wildman–Crippen LogP) is 6.36. The van der Waals surface area contributed by atoms with E-state index in [2.05, 4.69) is 39.8 Å². The first-order chi connectivity index (χ1) is 10.6. The molecule has 0 heterocycles. The monoisotopic (exact) mass is 322 g/mol. The molecule has 0 aromatic heterocycles. The molecule has 0 amide bonds. The first-order valence-electron chi connectivity index (χ1n) is 8.40. The van der Waals surface area contributed by atoms with Crippen LogP contribution in [-0.4, -0.2) is 18.4 Å². The Bertz CT molecular complexity index is 444. The Morgan fingerprint density at radius 2 is 1.39 bits per heavy atom. The van der Waals surface area contributed by atoms with E-state index < -0.39 is 11.8 Å². The molecule has 0 aliphatic heterocycles. The van der Waals surface area contributed by atoms with Gasteiger partial charge in [0.25, 0.3) is 0 Å². The molecule has 0 bridgehead atoms. The summed E-state index contributed by atoms with van der Waals surface area (Å²) in [4.78, 5) is 11.4. The molecule has 0 spiro atoms. The molecule has 0 aliphatic rings. The Morgan fingerprint density at radius 1 is 0.870 bits per heavy atom. The number of hydrogen-bond donors (Lipinski definition) is 0. The zero-order valence-corrected chi connectivity index (χ0v) is 16.0. The molecule has 0 N–H and O–H groups in total. The molecule has 23 heavy (non-hydrogen) atoms. The van der Waals surface area contributed by atoms with Gasteiger partial charge in [0, 0.05) is 0 Å². The highest BCUT2D eigenvalue weighted by Crippen LogP contribution is 2.12. The van der Waals surface area contributed by atoms with E-state index in [1.807, 2.05) is 26.8 Å². The van der Waals surface area contributed by atoms with Crippen LogP contribution in [0.1, 0.15) is 74.1 Å². The van der Waals surface area contributed by atoms with Crippen LogP contribution in [0.2, 0.25) is 0 Å². The molecule has 0 unspecified atom stereocenters. The van der Waals surface area contributed by atoms with Gasteiger partial charge in [-0.25, -0.2) is 4.79 Å². The van der Waals surface area contributed by atoms with E-state index in [1.54, 1.807) is 0 Å². The SMILES string of the molecule is CC(C)=CCC/C(C)=C\CC/C(C)=C\COC(=O)OC(C)(C)C. The van der Waals surface area contributed by atoms with Gasteiger partial charge in [-0.15, -0.1) is 0 Å². The lowest BCUT2D eigenvalue weighted by Crippen LogP contribution is -2.24. The molecule has 0 saturated heterocycles. The minimum atomic E-state index is -0.614. The molecule has 3 nitrogen and oxygen atoms in total. The van der Waals surface area contributed by atoms with Crippen LogP contribution in [0.25, 0.3) is 0 Å². The highest BCUT2D eigenvalue weighted by atomic mass is 16.7. The lowest BCUT2D eigenvalue weighted by atomic mass is 10.1. The standard InChI is InChI=1S/C20H34O3/c1-16(2)10-8-11-17(3)12-9-13-18(4)14-15-22-19(21)23-20(5,6)7/h10,12,14H,8-9,11,13,15H2,1-7H3/b17-12-,18-14-. The number of rotatable bonds is 8. The third kappa shape index (κ3) is 15.2. The summed E-state index contributed by atoms with van der Waals surface area (Å²) < 4.78 is 10.1. The van der Waals surface area contributed by atoms with Gasteiger partial charge in [0.1, 0.15) is 12.2 Å². The van der Waals surface area contributed by atoms with Gasteiger partial charge >= 0.3 is 6.16 Å². The van der Waals surface area contributed by atoms with Crippen molar-refractivity contribution in [2.45, 2.75) is 79.8 Å². The van der Waals surface area contributed by atoms with Crippen molar-refractivity contribution >= 4 is 6.16 Å². The molecule has 0 fully saturated rings. The highest BCUT2D eigenvalue weighted by Gasteiger charge is 2.16. The first-order valence-corrected chi connectivity index (χ1v) is 8.40. The minimum absolute atomic E-state index is 0.268. The van der Waals surface area contributed by atoms with Gasteiger partial charge in [-0.3, -0.25) is 0 Å². The summed E-state index contributed by atoms with van der Waals surface area (Å²) in [6.07, 6.45) is 10.1. The van der Waals surface area contributed by atoms with E-state index in [0.717, 1.165) is 25.7 Å². The third-order valence-corrected chi connectivity index (χ3v) is 3.15. The lowest BCUT2D eigenvalue weighted by molar-refractivity contribution is -0.00247. The number of allylic oxidation sites excluding steroid dienone is 5. The minimum Gasteiger partial charge on any atom is -0.430 e. The molecule has 0 rings (SSSR count). The van der Waals surface area contributed by atoms with Crippen molar-refractivity contribution in [1.82, 2.24) is 0 Å². The average molecular weight is 322 g/mol. The van der Waals surface area contributed by atoms with Crippen LogP contribution in [-0.2, 0) is 9.47 Å². The number of carbonyl (C=O) groups excluding carboxylic acids is 1. The topological polar surface area (TPSA) is 35.5 Å². The highest BCUT2D eigenvalue weighted by molar-refractivity contribution is 5.60. The molecule has 0 aliphatic carbocycles. The fourth-order valence-corrected chi connectivity index (χ4v) is 1.87. The van der Waals surface area contributed by atoms with Gasteiger partial charge in [-0.05, 0) is 80.2 Å². The maximum absolute atomic E-state index is 11.4. The fraction of sp³-hybridized carbons (Fsp3) is 0.650. The second kappa shape index (κ2) is 11.1. The normalized spacial score (nSPS) is 12.8. The van der Waals surface area contributed by atoms with Crippen LogP contribution in [0.4, 0.5) is 4.79 Å². The fourth-order valence-electron chi connectivity index (χ4n) is 1.87. The molecule has 0 aromatic rings. The number of ether oxygens (including phenoxy) is 2. The summed E-state index contributed by atoms with van der Waals surface area (Å²) in [5.74, 6) is 0. The lowest BCUT2D eigenvalue weighted by Gasteiger charge is -2.18. The molecular formula is C20H34O3. The average Bonchev–Trinajstić information content (AvgIpc) is 2.35. The van der Waals surface area contributed by atoms with E-state index in [0.29, 0.717) is 0 Å². The predicted molar refractivity (Wildman–Crippen MR) is 97.6 cm³/mol. The summed E-state index contributed by atoms with van der Waals surface area (Å²) >= 11 is 0. The second-order valence-electron chi connectivity index (χ2n) is 7.24. The summed E-state index contributed by atoms with van der Waals surface area (Å²) in [5.41, 5.74) is 3.52. The van der Waals surface area contributed by atoms with Crippen molar-refractivity contribution < 1.29 is 14.3 Å². The van der Waals surface area contributed by atoms with Crippen molar-refractivity contribution in [3.05, 3.63) is 34.9 Å². The van der Waals surface area contributed by atoms with Crippen molar-refractivity contribution in [3.63, 3.8) is 0 Å². The van der Waals surface area contributed by atoms with Gasteiger partial charge in [0.05, 0.1) is 0 Å². The van der Waals surface area contributed by atoms with Crippen LogP contribution >= 0.6 is 0 Å². The zero-order chi connectivity index (χ0) is 17.9. The van der Waals surface area contributed by atoms with Crippen LogP contribution in [0.5, 0.6) is 0 Å². The van der Waals surface area contributed by atoms with E-state index in [9.17, 15) is 4.79 Å². The molecule has 0 atom stereocenters. The third-order valence-electron chi connectivity index (χ3n) is 3.15. The van der Waals surface area contributed by atoms with E-state index >= 15 is 0 Å². The van der Waals surface area contributed by atoms with E-state index in [4.69, 9.17) is 9.47 Å². The van der Waals surface area contributed by atoms with Crippen LogP contribution < -0.4 is 0 Å². The molecule has 3 heteroatoms. The number of hydrogen-bond acceptors (Lipinski definition) is 3. The van der Waals surface area contributed by atoms with Gasteiger partial charge in [0.15, 0.2) is 0 Å². The second-order valence-corrected chi connectivity index (χ2v) is 7.24. The Labute approximate surface area is 142 Å². The Kier molecular flexibility index (Phi) is 10.4. The molecule has 0 radical (unpaired) electrons. The molecular weight excluding hydrogens is 288 g/mol. The van der Waals surface area contributed by atoms with Crippen molar-refractivity contribution in [2.24, 2.45) is 0 Å². The van der Waals surface area contributed by atoms with Gasteiger partial charge < -0.3 is 9.47 Å². The maximum Gasteiger partial charge on any atom is 0.509 e. The summed E-state index contributed by atoms with van der Waals surface area (Å²) in [6.45, 7) is 14.2. The smallest absolute Gasteiger partial charge is 0.430 e. The Morgan fingerprint density at radius 3 is 1.91 bits per heavy atom.